The van der Waals surface area contributed by atoms with E-state index >= 15 is 0 Å². The maximum absolute atomic E-state index is 14.2. The van der Waals surface area contributed by atoms with Gasteiger partial charge in [0.15, 0.2) is 6.35 Å². The molecule has 4 fully saturated rings. The smallest absolute Gasteiger partial charge is 0.246 e. The number of rotatable bonds is 6. The summed E-state index contributed by atoms with van der Waals surface area (Å²) in [6, 6.07) is 7.38. The molecular formula is C31H44FN7O3. The summed E-state index contributed by atoms with van der Waals surface area (Å²) in [6.45, 7) is 8.01. The largest absolute Gasteiger partial charge is 0.483 e. The van der Waals surface area contributed by atoms with Crippen molar-refractivity contribution >= 4 is 11.6 Å². The molecule has 7 atom stereocenters. The lowest BCUT2D eigenvalue weighted by Crippen LogP contribution is -2.73. The van der Waals surface area contributed by atoms with E-state index in [0.29, 0.717) is 38.0 Å². The maximum atomic E-state index is 14.2. The van der Waals surface area contributed by atoms with Crippen molar-refractivity contribution in [3.05, 3.63) is 36.7 Å². The molecule has 0 radical (unpaired) electrons. The zero-order valence-corrected chi connectivity index (χ0v) is 24.8. The summed E-state index contributed by atoms with van der Waals surface area (Å²) < 4.78 is 27.3. The number of halogens is 1. The average molecular weight is 582 g/mol. The molecule has 1 aromatic rings. The van der Waals surface area contributed by atoms with Gasteiger partial charge in [-0.05, 0) is 57.5 Å². The number of carbonyl (C=O) groups excluding carboxylic acids is 1. The Morgan fingerprint density at radius 2 is 2.12 bits per heavy atom. The molecule has 3 saturated heterocycles. The third-order valence-electron chi connectivity index (χ3n) is 10.1. The van der Waals surface area contributed by atoms with Crippen molar-refractivity contribution in [3.63, 3.8) is 0 Å². The third kappa shape index (κ3) is 5.75. The van der Waals surface area contributed by atoms with E-state index in [0.717, 1.165) is 44.5 Å². The molecule has 1 aromatic carbocycles. The van der Waals surface area contributed by atoms with Crippen LogP contribution in [0.15, 0.2) is 30.9 Å². The Bertz CT molecular complexity index is 1210. The first kappa shape index (κ1) is 29.3. The van der Waals surface area contributed by atoms with E-state index in [1.165, 1.54) is 24.6 Å². The first-order valence-corrected chi connectivity index (χ1v) is 15.4. The average Bonchev–Trinajstić information content (AvgIpc) is 3.39. The van der Waals surface area contributed by atoms with Crippen LogP contribution in [0.1, 0.15) is 38.5 Å². The molecule has 42 heavy (non-hydrogen) atoms. The van der Waals surface area contributed by atoms with E-state index in [4.69, 9.17) is 9.47 Å². The van der Waals surface area contributed by atoms with E-state index in [1.54, 1.807) is 11.0 Å². The molecule has 10 nitrogen and oxygen atoms in total. The Kier molecular flexibility index (Phi) is 8.44. The third-order valence-corrected chi connectivity index (χ3v) is 10.1. The standard InChI is InChI=1S/C31H44FN7O3/c1-4-28(40)39-15-14-38(18-22(39)10-12-33)29-24-9-11-31(20-37(3)26-8-7-21(32)16-27(26)42-31)17-25(24)34-30(35-29)41-19-23-6-5-13-36(23)2/h4,7-8,16,22-25,29-30,34-35H,1,5-6,9-11,13-15,17-20H2,2-3H3/t22?,23?,24?,25?,29?,30?,31-/m1/s1. The van der Waals surface area contributed by atoms with E-state index in [2.05, 4.69) is 52.1 Å². The molecule has 1 saturated carbocycles. The predicted molar refractivity (Wildman–Crippen MR) is 157 cm³/mol. The minimum Gasteiger partial charge on any atom is -0.483 e. The zero-order chi connectivity index (χ0) is 29.4. The summed E-state index contributed by atoms with van der Waals surface area (Å²) in [6.07, 6.45) is 6.16. The van der Waals surface area contributed by atoms with Crippen molar-refractivity contribution in [3.8, 4) is 11.8 Å². The highest BCUT2D eigenvalue weighted by molar-refractivity contribution is 5.87. The van der Waals surface area contributed by atoms with Gasteiger partial charge in [-0.25, -0.2) is 4.39 Å². The Hall–Kier alpha value is -2.75. The second kappa shape index (κ2) is 12.1. The van der Waals surface area contributed by atoms with Gasteiger partial charge in [0.05, 0.1) is 43.5 Å². The topological polar surface area (TPSA) is 96.3 Å². The minimum absolute atomic E-state index is 0.0214. The number of fused-ring (bicyclic) bond motifs is 2. The quantitative estimate of drug-likeness (QED) is 0.490. The molecular weight excluding hydrogens is 537 g/mol. The van der Waals surface area contributed by atoms with Crippen molar-refractivity contribution < 1.29 is 18.7 Å². The number of carbonyl (C=O) groups is 1. The summed E-state index contributed by atoms with van der Waals surface area (Å²) in [5.74, 6) is 0.464. The lowest BCUT2D eigenvalue weighted by atomic mass is 9.72. The van der Waals surface area contributed by atoms with Crippen LogP contribution >= 0.6 is 0 Å². The number of likely N-dealkylation sites (tertiary alicyclic amines) is 1. The van der Waals surface area contributed by atoms with Crippen molar-refractivity contribution in [2.45, 2.75) is 74.8 Å². The van der Waals surface area contributed by atoms with E-state index in [-0.39, 0.29) is 48.7 Å². The molecule has 6 rings (SSSR count). The molecule has 228 valence electrons. The van der Waals surface area contributed by atoms with E-state index in [1.807, 2.05) is 0 Å². The highest BCUT2D eigenvalue weighted by Crippen LogP contribution is 2.45. The van der Waals surface area contributed by atoms with Gasteiger partial charge in [-0.3, -0.25) is 20.3 Å². The Morgan fingerprint density at radius 3 is 2.88 bits per heavy atom. The van der Waals surface area contributed by atoms with Crippen LogP contribution in [0.4, 0.5) is 10.1 Å². The van der Waals surface area contributed by atoms with Crippen LogP contribution < -0.4 is 20.3 Å². The number of hydrogen-bond acceptors (Lipinski definition) is 9. The zero-order valence-electron chi connectivity index (χ0n) is 24.8. The van der Waals surface area contributed by atoms with Crippen LogP contribution in [0, 0.1) is 23.1 Å². The molecule has 1 spiro atoms. The second-order valence-corrected chi connectivity index (χ2v) is 12.8. The first-order chi connectivity index (χ1) is 20.3. The van der Waals surface area contributed by atoms with Crippen LogP contribution in [0.5, 0.6) is 5.75 Å². The fraction of sp³-hybridized carbons (Fsp3) is 0.677. The maximum Gasteiger partial charge on any atom is 0.246 e. The second-order valence-electron chi connectivity index (χ2n) is 12.8. The fourth-order valence-corrected chi connectivity index (χ4v) is 7.96. The van der Waals surface area contributed by atoms with Crippen LogP contribution in [0.2, 0.25) is 0 Å². The molecule has 4 heterocycles. The number of nitrogens with one attached hydrogen (secondary N) is 2. The molecule has 6 unspecified atom stereocenters. The van der Waals surface area contributed by atoms with Crippen molar-refractivity contribution in [2.24, 2.45) is 5.92 Å². The van der Waals surface area contributed by atoms with Gasteiger partial charge in [-0.2, -0.15) is 5.26 Å². The molecule has 5 aliphatic rings. The van der Waals surface area contributed by atoms with Crippen LogP contribution in [-0.4, -0.2) is 110 Å². The molecule has 0 bridgehead atoms. The van der Waals surface area contributed by atoms with Gasteiger partial charge in [-0.15, -0.1) is 0 Å². The molecule has 4 aliphatic heterocycles. The Morgan fingerprint density at radius 1 is 1.26 bits per heavy atom. The Balaban J connectivity index is 1.22. The lowest BCUT2D eigenvalue weighted by molar-refractivity contribution is -0.139. The van der Waals surface area contributed by atoms with Crippen LogP contribution in [-0.2, 0) is 9.53 Å². The number of ether oxygens (including phenoxy) is 2. The van der Waals surface area contributed by atoms with Gasteiger partial charge >= 0.3 is 0 Å². The minimum atomic E-state index is -0.430. The van der Waals surface area contributed by atoms with Crippen molar-refractivity contribution in [1.82, 2.24) is 25.3 Å². The number of likely N-dealkylation sites (N-methyl/N-ethyl adjacent to an activating group) is 2. The first-order valence-electron chi connectivity index (χ1n) is 15.4. The number of nitriles is 1. The van der Waals surface area contributed by atoms with Gasteiger partial charge in [0.2, 0.25) is 5.91 Å². The van der Waals surface area contributed by atoms with Gasteiger partial charge in [0.1, 0.15) is 17.2 Å². The van der Waals surface area contributed by atoms with Crippen molar-refractivity contribution in [1.29, 1.82) is 5.26 Å². The van der Waals surface area contributed by atoms with Crippen LogP contribution in [0.3, 0.4) is 0 Å². The summed E-state index contributed by atoms with van der Waals surface area (Å²) in [7, 11) is 4.21. The molecule has 2 N–H and O–H groups in total. The number of hydrogen-bond donors (Lipinski definition) is 2. The summed E-state index contributed by atoms with van der Waals surface area (Å²) >= 11 is 0. The van der Waals surface area contributed by atoms with E-state index in [9.17, 15) is 14.4 Å². The lowest BCUT2D eigenvalue weighted by Gasteiger charge is -2.56. The highest BCUT2D eigenvalue weighted by Gasteiger charge is 2.52. The number of benzene rings is 1. The van der Waals surface area contributed by atoms with Gasteiger partial charge in [-0.1, -0.05) is 6.58 Å². The molecule has 1 aliphatic carbocycles. The van der Waals surface area contributed by atoms with Gasteiger partial charge in [0.25, 0.3) is 0 Å². The summed E-state index contributed by atoms with van der Waals surface area (Å²) in [4.78, 5) is 21.3. The monoisotopic (exact) mass is 581 g/mol. The van der Waals surface area contributed by atoms with Crippen LogP contribution in [0.25, 0.3) is 0 Å². The number of nitrogens with zero attached hydrogens (tertiary/aromatic N) is 5. The van der Waals surface area contributed by atoms with Gasteiger partial charge < -0.3 is 24.2 Å². The predicted octanol–water partition coefficient (Wildman–Crippen LogP) is 2.09. The summed E-state index contributed by atoms with van der Waals surface area (Å²) in [5.41, 5.74) is 0.484. The number of amides is 1. The molecule has 11 heteroatoms. The van der Waals surface area contributed by atoms with Crippen molar-refractivity contribution in [2.75, 3.05) is 58.3 Å². The molecule has 1 amide bonds. The van der Waals surface area contributed by atoms with Gasteiger partial charge in [0, 0.05) is 57.2 Å². The fourth-order valence-electron chi connectivity index (χ4n) is 7.96. The number of anilines is 1. The highest BCUT2D eigenvalue weighted by atomic mass is 19.1. The summed E-state index contributed by atoms with van der Waals surface area (Å²) in [5, 5.41) is 17.1. The van der Waals surface area contributed by atoms with E-state index < -0.39 is 5.60 Å². The Labute approximate surface area is 248 Å². The molecule has 0 aromatic heterocycles. The number of piperazine rings is 1. The normalized spacial score (nSPS) is 35.3. The SMILES string of the molecule is C=CC(=O)N1CCN(C2NC(OCC3CCCN3C)NC3C[C@]4(CCC32)CN(C)c2ccc(F)cc2O4)CC1CC#N.